The normalized spacial score (nSPS) is 10.6. The van der Waals surface area contributed by atoms with Gasteiger partial charge >= 0.3 is 0 Å². The maximum Gasteiger partial charge on any atom is 0.150 e. The van der Waals surface area contributed by atoms with E-state index in [1.54, 1.807) is 6.20 Å². The second-order valence-corrected chi connectivity index (χ2v) is 4.45. The Bertz CT molecular complexity index is 738. The van der Waals surface area contributed by atoms with Crippen LogP contribution in [0.3, 0.4) is 0 Å². The molecule has 0 saturated carbocycles. The van der Waals surface area contributed by atoms with Crippen molar-refractivity contribution in [3.63, 3.8) is 0 Å². The third kappa shape index (κ3) is 2.22. The van der Waals surface area contributed by atoms with Crippen molar-refractivity contribution in [2.75, 3.05) is 5.73 Å². The number of ether oxygens (including phenoxy) is 1. The maximum atomic E-state index is 6.00. The highest BCUT2D eigenvalue weighted by Gasteiger charge is 2.05. The Morgan fingerprint density at radius 3 is 2.84 bits per heavy atom. The first-order valence-electron chi connectivity index (χ1n) is 6.12. The average Bonchev–Trinajstić information content (AvgIpc) is 2.44. The van der Waals surface area contributed by atoms with Crippen LogP contribution in [0, 0.1) is 6.92 Å². The molecule has 2 N–H and O–H groups in total. The molecule has 0 radical (unpaired) electrons. The quantitative estimate of drug-likeness (QED) is 0.701. The lowest BCUT2D eigenvalue weighted by Crippen LogP contribution is -1.94. The number of pyridine rings is 1. The lowest BCUT2D eigenvalue weighted by molar-refractivity contribution is 0.485. The van der Waals surface area contributed by atoms with Crippen LogP contribution in [0.5, 0.6) is 11.5 Å². The van der Waals surface area contributed by atoms with Crippen LogP contribution in [0.2, 0.25) is 0 Å². The van der Waals surface area contributed by atoms with Gasteiger partial charge < -0.3 is 10.5 Å². The summed E-state index contributed by atoms with van der Waals surface area (Å²) >= 11 is 0. The highest BCUT2D eigenvalue weighted by atomic mass is 16.5. The van der Waals surface area contributed by atoms with Gasteiger partial charge in [0, 0.05) is 17.6 Å². The van der Waals surface area contributed by atoms with Gasteiger partial charge in [0.05, 0.1) is 11.2 Å². The number of para-hydroxylation sites is 1. The molecule has 0 aliphatic carbocycles. The zero-order valence-corrected chi connectivity index (χ0v) is 10.6. The van der Waals surface area contributed by atoms with Crippen LogP contribution in [-0.2, 0) is 0 Å². The largest absolute Gasteiger partial charge is 0.455 e. The van der Waals surface area contributed by atoms with Crippen LogP contribution in [0.1, 0.15) is 5.56 Å². The van der Waals surface area contributed by atoms with Crippen molar-refractivity contribution in [3.8, 4) is 11.5 Å². The van der Waals surface area contributed by atoms with Crippen LogP contribution in [0.25, 0.3) is 10.9 Å². The summed E-state index contributed by atoms with van der Waals surface area (Å²) in [7, 11) is 0. The summed E-state index contributed by atoms with van der Waals surface area (Å²) in [5, 5.41) is 1.09. The molecule has 0 bridgehead atoms. The van der Waals surface area contributed by atoms with Crippen molar-refractivity contribution < 1.29 is 4.74 Å². The lowest BCUT2D eigenvalue weighted by atomic mass is 10.2. The molecule has 3 nitrogen and oxygen atoms in total. The monoisotopic (exact) mass is 250 g/mol. The number of hydrogen-bond acceptors (Lipinski definition) is 3. The number of benzene rings is 2. The van der Waals surface area contributed by atoms with Gasteiger partial charge in [-0.15, -0.1) is 0 Å². The SMILES string of the molecule is Cc1cccc(Oc2ccc3cccnc3c2)c1N. The Morgan fingerprint density at radius 1 is 1.05 bits per heavy atom. The van der Waals surface area contributed by atoms with Gasteiger partial charge in [-0.1, -0.05) is 18.2 Å². The van der Waals surface area contributed by atoms with E-state index in [0.717, 1.165) is 22.2 Å². The minimum Gasteiger partial charge on any atom is -0.455 e. The van der Waals surface area contributed by atoms with E-state index in [1.165, 1.54) is 0 Å². The minimum atomic E-state index is 0.670. The van der Waals surface area contributed by atoms with E-state index in [9.17, 15) is 0 Å². The fourth-order valence-corrected chi connectivity index (χ4v) is 1.98. The van der Waals surface area contributed by atoms with Gasteiger partial charge in [-0.25, -0.2) is 0 Å². The summed E-state index contributed by atoms with van der Waals surface area (Å²) in [6.45, 7) is 1.96. The van der Waals surface area contributed by atoms with Gasteiger partial charge in [0.2, 0.25) is 0 Å². The molecule has 1 heterocycles. The Hall–Kier alpha value is -2.55. The van der Waals surface area contributed by atoms with Crippen molar-refractivity contribution in [2.24, 2.45) is 0 Å². The molecule has 1 aromatic heterocycles. The van der Waals surface area contributed by atoms with Gasteiger partial charge in [0.25, 0.3) is 0 Å². The summed E-state index contributed by atoms with van der Waals surface area (Å²) in [6, 6.07) is 15.5. The molecule has 0 unspecified atom stereocenters. The molecule has 19 heavy (non-hydrogen) atoms. The van der Waals surface area contributed by atoms with E-state index in [4.69, 9.17) is 10.5 Å². The van der Waals surface area contributed by atoms with Crippen LogP contribution in [0.4, 0.5) is 5.69 Å². The Kier molecular flexibility index (Phi) is 2.80. The smallest absolute Gasteiger partial charge is 0.150 e. The van der Waals surface area contributed by atoms with Crippen LogP contribution in [-0.4, -0.2) is 4.98 Å². The van der Waals surface area contributed by atoms with Crippen molar-refractivity contribution in [3.05, 3.63) is 60.3 Å². The van der Waals surface area contributed by atoms with Gasteiger partial charge in [-0.2, -0.15) is 0 Å². The zero-order valence-electron chi connectivity index (χ0n) is 10.6. The average molecular weight is 250 g/mol. The number of aryl methyl sites for hydroxylation is 1. The summed E-state index contributed by atoms with van der Waals surface area (Å²) in [5.74, 6) is 1.42. The van der Waals surface area contributed by atoms with Crippen molar-refractivity contribution in [1.29, 1.82) is 0 Å². The van der Waals surface area contributed by atoms with Gasteiger partial charge in [0.1, 0.15) is 5.75 Å². The number of fused-ring (bicyclic) bond motifs is 1. The molecular weight excluding hydrogens is 236 g/mol. The first-order valence-corrected chi connectivity index (χ1v) is 6.12. The molecule has 0 saturated heterocycles. The van der Waals surface area contributed by atoms with E-state index >= 15 is 0 Å². The second-order valence-electron chi connectivity index (χ2n) is 4.45. The second kappa shape index (κ2) is 4.61. The highest BCUT2D eigenvalue weighted by Crippen LogP contribution is 2.30. The van der Waals surface area contributed by atoms with Crippen molar-refractivity contribution >= 4 is 16.6 Å². The lowest BCUT2D eigenvalue weighted by Gasteiger charge is -2.10. The molecule has 3 rings (SSSR count). The summed E-state index contributed by atoms with van der Waals surface area (Å²) < 4.78 is 5.83. The van der Waals surface area contributed by atoms with Crippen molar-refractivity contribution in [2.45, 2.75) is 6.92 Å². The first-order chi connectivity index (χ1) is 9.24. The number of nitrogens with zero attached hydrogens (tertiary/aromatic N) is 1. The molecule has 0 amide bonds. The summed E-state index contributed by atoms with van der Waals surface area (Å²) in [4.78, 5) is 4.31. The maximum absolute atomic E-state index is 6.00. The Morgan fingerprint density at radius 2 is 1.95 bits per heavy atom. The van der Waals surface area contributed by atoms with E-state index in [-0.39, 0.29) is 0 Å². The number of rotatable bonds is 2. The van der Waals surface area contributed by atoms with E-state index in [0.29, 0.717) is 11.4 Å². The minimum absolute atomic E-state index is 0.670. The number of nitrogens with two attached hydrogens (primary N) is 1. The molecule has 3 heteroatoms. The molecule has 2 aromatic carbocycles. The number of nitrogen functional groups attached to an aromatic ring is 1. The molecule has 0 atom stereocenters. The standard InChI is InChI=1S/C16H14N2O/c1-11-4-2-6-15(16(11)17)19-13-8-7-12-5-3-9-18-14(12)10-13/h2-10H,17H2,1H3. The predicted molar refractivity (Wildman–Crippen MR) is 77.4 cm³/mol. The third-order valence-electron chi connectivity index (χ3n) is 3.09. The van der Waals surface area contributed by atoms with Crippen molar-refractivity contribution in [1.82, 2.24) is 4.98 Å². The molecule has 0 fully saturated rings. The van der Waals surface area contributed by atoms with Gasteiger partial charge in [0.15, 0.2) is 5.75 Å². The van der Waals surface area contributed by atoms with E-state index < -0.39 is 0 Å². The Labute approximate surface area is 111 Å². The van der Waals surface area contributed by atoms with Crippen LogP contribution in [0.15, 0.2) is 54.7 Å². The third-order valence-corrected chi connectivity index (χ3v) is 3.09. The summed E-state index contributed by atoms with van der Waals surface area (Å²) in [5.41, 5.74) is 8.59. The van der Waals surface area contributed by atoms with Crippen LogP contribution >= 0.6 is 0 Å². The van der Waals surface area contributed by atoms with E-state index in [2.05, 4.69) is 4.98 Å². The number of aromatic nitrogens is 1. The molecule has 0 aliphatic heterocycles. The fraction of sp³-hybridized carbons (Fsp3) is 0.0625. The first kappa shape index (κ1) is 11.5. The zero-order chi connectivity index (χ0) is 13.2. The fourth-order valence-electron chi connectivity index (χ4n) is 1.98. The topological polar surface area (TPSA) is 48.1 Å². The molecule has 0 spiro atoms. The van der Waals surface area contributed by atoms with Crippen LogP contribution < -0.4 is 10.5 Å². The van der Waals surface area contributed by atoms with E-state index in [1.807, 2.05) is 55.5 Å². The summed E-state index contributed by atoms with van der Waals surface area (Å²) in [6.07, 6.45) is 1.77. The molecular formula is C16H14N2O. The molecule has 3 aromatic rings. The molecule has 94 valence electrons. The number of anilines is 1. The Balaban J connectivity index is 1.99. The molecule has 0 aliphatic rings. The number of hydrogen-bond donors (Lipinski definition) is 1. The van der Waals surface area contributed by atoms with Gasteiger partial charge in [-0.05, 0) is 36.8 Å². The highest BCUT2D eigenvalue weighted by molar-refractivity contribution is 5.79. The predicted octanol–water partition coefficient (Wildman–Crippen LogP) is 3.92. The van der Waals surface area contributed by atoms with Gasteiger partial charge in [-0.3, -0.25) is 4.98 Å².